The molecule has 1 atom stereocenters. The Kier molecular flexibility index (Phi) is 6.18. The van der Waals surface area contributed by atoms with Gasteiger partial charge in [-0.15, -0.1) is 0 Å². The summed E-state index contributed by atoms with van der Waals surface area (Å²) in [5.41, 5.74) is 4.03. The van der Waals surface area contributed by atoms with Gasteiger partial charge in [0, 0.05) is 31.6 Å². The van der Waals surface area contributed by atoms with E-state index in [2.05, 4.69) is 25.8 Å². The molecule has 0 spiro atoms. The first-order valence-corrected chi connectivity index (χ1v) is 9.80. The molecule has 8 heteroatoms. The lowest BCUT2D eigenvalue weighted by molar-refractivity contribution is -0.124. The summed E-state index contributed by atoms with van der Waals surface area (Å²) in [5.74, 6) is -0.650. The van der Waals surface area contributed by atoms with E-state index in [0.717, 1.165) is 22.4 Å². The number of anilines is 1. The Balaban J connectivity index is 1.58. The standard InChI is InChI=1S/C23H22FN5O2/c1-31-14-22(30)26-13-21(15-5-3-2-4-6-15)27-18-9-17(11-25-12-18)16-7-8-20-19(10-16)23(24)29-28-20/h2-12,21,27H,13-14H2,1H3,(H,26,30)(H,28,29)/t21-/m0/s1. The fourth-order valence-corrected chi connectivity index (χ4v) is 3.37. The van der Waals surface area contributed by atoms with E-state index >= 15 is 0 Å². The predicted octanol–water partition coefficient (Wildman–Crippen LogP) is 3.68. The molecule has 0 radical (unpaired) electrons. The van der Waals surface area contributed by atoms with Crippen molar-refractivity contribution in [1.82, 2.24) is 20.5 Å². The summed E-state index contributed by atoms with van der Waals surface area (Å²) < 4.78 is 18.8. The number of carbonyl (C=O) groups is 1. The number of H-pyrrole nitrogens is 1. The van der Waals surface area contributed by atoms with Gasteiger partial charge in [-0.2, -0.15) is 9.49 Å². The summed E-state index contributed by atoms with van der Waals surface area (Å²) in [5, 5.41) is 13.0. The Morgan fingerprint density at radius 1 is 1.13 bits per heavy atom. The molecule has 0 saturated heterocycles. The van der Waals surface area contributed by atoms with Crippen LogP contribution >= 0.6 is 0 Å². The lowest BCUT2D eigenvalue weighted by Crippen LogP contribution is -2.33. The van der Waals surface area contributed by atoms with E-state index in [1.807, 2.05) is 42.5 Å². The number of aromatic amines is 1. The van der Waals surface area contributed by atoms with Crippen LogP contribution in [0.2, 0.25) is 0 Å². The third kappa shape index (κ3) is 4.87. The zero-order valence-electron chi connectivity index (χ0n) is 16.9. The highest BCUT2D eigenvalue weighted by atomic mass is 19.1. The van der Waals surface area contributed by atoms with Gasteiger partial charge < -0.3 is 15.4 Å². The molecule has 1 amide bonds. The van der Waals surface area contributed by atoms with Crippen LogP contribution in [0.5, 0.6) is 0 Å². The average molecular weight is 419 g/mol. The van der Waals surface area contributed by atoms with Crippen molar-refractivity contribution in [3.8, 4) is 11.1 Å². The number of carbonyl (C=O) groups excluding carboxylic acids is 1. The molecule has 158 valence electrons. The van der Waals surface area contributed by atoms with E-state index in [1.54, 1.807) is 24.5 Å². The van der Waals surface area contributed by atoms with Gasteiger partial charge in [-0.05, 0) is 29.3 Å². The monoisotopic (exact) mass is 419 g/mol. The first-order chi connectivity index (χ1) is 15.1. The molecule has 0 bridgehead atoms. The second kappa shape index (κ2) is 9.36. The van der Waals surface area contributed by atoms with Gasteiger partial charge in [0.25, 0.3) is 0 Å². The van der Waals surface area contributed by atoms with E-state index in [4.69, 9.17) is 4.74 Å². The van der Waals surface area contributed by atoms with Gasteiger partial charge in [0.15, 0.2) is 0 Å². The van der Waals surface area contributed by atoms with Gasteiger partial charge in [-0.3, -0.25) is 14.9 Å². The van der Waals surface area contributed by atoms with Crippen molar-refractivity contribution < 1.29 is 13.9 Å². The van der Waals surface area contributed by atoms with E-state index < -0.39 is 5.95 Å². The molecule has 0 fully saturated rings. The number of fused-ring (bicyclic) bond motifs is 1. The number of hydrogen-bond donors (Lipinski definition) is 3. The molecular formula is C23H22FN5O2. The first kappa shape index (κ1) is 20.5. The molecule has 0 aliphatic carbocycles. The van der Waals surface area contributed by atoms with Gasteiger partial charge in [-0.25, -0.2) is 0 Å². The largest absolute Gasteiger partial charge is 0.375 e. The molecule has 0 saturated carbocycles. The van der Waals surface area contributed by atoms with Crippen molar-refractivity contribution in [3.05, 3.63) is 78.5 Å². The number of hydrogen-bond acceptors (Lipinski definition) is 5. The first-order valence-electron chi connectivity index (χ1n) is 9.80. The van der Waals surface area contributed by atoms with Crippen LogP contribution in [0.1, 0.15) is 11.6 Å². The minimum Gasteiger partial charge on any atom is -0.375 e. The number of nitrogens with zero attached hydrogens (tertiary/aromatic N) is 2. The van der Waals surface area contributed by atoms with Gasteiger partial charge in [-0.1, -0.05) is 36.4 Å². The zero-order valence-corrected chi connectivity index (χ0v) is 16.9. The fourth-order valence-electron chi connectivity index (χ4n) is 3.37. The van der Waals surface area contributed by atoms with Crippen molar-refractivity contribution in [2.45, 2.75) is 6.04 Å². The smallest absolute Gasteiger partial charge is 0.246 e. The van der Waals surface area contributed by atoms with Crippen molar-refractivity contribution in [2.24, 2.45) is 0 Å². The second-order valence-corrected chi connectivity index (χ2v) is 7.08. The molecule has 4 rings (SSSR count). The van der Waals surface area contributed by atoms with Crippen molar-refractivity contribution in [3.63, 3.8) is 0 Å². The van der Waals surface area contributed by atoms with Gasteiger partial charge in [0.1, 0.15) is 6.61 Å². The number of ether oxygens (including phenoxy) is 1. The van der Waals surface area contributed by atoms with Crippen LogP contribution in [0.3, 0.4) is 0 Å². The molecule has 7 nitrogen and oxygen atoms in total. The van der Waals surface area contributed by atoms with E-state index in [0.29, 0.717) is 17.4 Å². The zero-order chi connectivity index (χ0) is 21.6. The Hall–Kier alpha value is -3.78. The lowest BCUT2D eigenvalue weighted by Gasteiger charge is -2.21. The second-order valence-electron chi connectivity index (χ2n) is 7.08. The van der Waals surface area contributed by atoms with E-state index in [-0.39, 0.29) is 18.6 Å². The molecule has 2 heterocycles. The summed E-state index contributed by atoms with van der Waals surface area (Å²) in [6.07, 6.45) is 3.44. The van der Waals surface area contributed by atoms with Crippen molar-refractivity contribution in [2.75, 3.05) is 25.6 Å². The molecule has 4 aromatic rings. The van der Waals surface area contributed by atoms with Gasteiger partial charge >= 0.3 is 0 Å². The highest BCUT2D eigenvalue weighted by molar-refractivity contribution is 5.84. The fraction of sp³-hybridized carbons (Fsp3) is 0.174. The quantitative estimate of drug-likeness (QED) is 0.405. The number of benzene rings is 2. The number of pyridine rings is 1. The van der Waals surface area contributed by atoms with E-state index in [1.165, 1.54) is 7.11 Å². The maximum Gasteiger partial charge on any atom is 0.246 e. The maximum absolute atomic E-state index is 13.9. The summed E-state index contributed by atoms with van der Waals surface area (Å²) >= 11 is 0. The number of halogens is 1. The van der Waals surface area contributed by atoms with Crippen LogP contribution in [0.25, 0.3) is 22.0 Å². The normalized spacial score (nSPS) is 11.9. The summed E-state index contributed by atoms with van der Waals surface area (Å²) in [7, 11) is 1.48. The Labute approximate surface area is 178 Å². The highest BCUT2D eigenvalue weighted by Gasteiger charge is 2.14. The molecule has 0 aliphatic heterocycles. The number of methoxy groups -OCH3 is 1. The van der Waals surface area contributed by atoms with Crippen LogP contribution in [-0.2, 0) is 9.53 Å². The van der Waals surface area contributed by atoms with Crippen LogP contribution in [0.4, 0.5) is 10.1 Å². The summed E-state index contributed by atoms with van der Waals surface area (Å²) in [6.45, 7) is 0.383. The molecule has 2 aromatic carbocycles. The Morgan fingerprint density at radius 2 is 1.97 bits per heavy atom. The summed E-state index contributed by atoms with van der Waals surface area (Å²) in [6, 6.07) is 17.0. The molecular weight excluding hydrogens is 397 g/mol. The van der Waals surface area contributed by atoms with Gasteiger partial charge in [0.05, 0.1) is 22.6 Å². The molecule has 0 unspecified atom stereocenters. The van der Waals surface area contributed by atoms with Crippen LogP contribution in [-0.4, -0.2) is 41.3 Å². The SMILES string of the molecule is COCC(=O)NC[C@H](Nc1cncc(-c2ccc3n[nH]c(F)c3c2)c1)c1ccccc1. The van der Waals surface area contributed by atoms with Crippen LogP contribution in [0.15, 0.2) is 67.0 Å². The minimum absolute atomic E-state index is 0.00555. The van der Waals surface area contributed by atoms with E-state index in [9.17, 15) is 9.18 Å². The molecule has 3 N–H and O–H groups in total. The minimum atomic E-state index is -0.463. The lowest BCUT2D eigenvalue weighted by atomic mass is 10.0. The molecule has 0 aliphatic rings. The van der Waals surface area contributed by atoms with Crippen LogP contribution < -0.4 is 10.6 Å². The van der Waals surface area contributed by atoms with Crippen molar-refractivity contribution in [1.29, 1.82) is 0 Å². The summed E-state index contributed by atoms with van der Waals surface area (Å²) in [4.78, 5) is 16.2. The third-order valence-corrected chi connectivity index (χ3v) is 4.90. The maximum atomic E-state index is 13.9. The number of amides is 1. The van der Waals surface area contributed by atoms with Gasteiger partial charge in [0.2, 0.25) is 11.9 Å². The number of rotatable bonds is 8. The topological polar surface area (TPSA) is 91.9 Å². The Morgan fingerprint density at radius 3 is 2.77 bits per heavy atom. The average Bonchev–Trinajstić information content (AvgIpc) is 3.18. The number of aromatic nitrogens is 3. The third-order valence-electron chi connectivity index (χ3n) is 4.90. The highest BCUT2D eigenvalue weighted by Crippen LogP contribution is 2.27. The Bertz CT molecular complexity index is 1180. The van der Waals surface area contributed by atoms with Crippen molar-refractivity contribution >= 4 is 22.5 Å². The molecule has 2 aromatic heterocycles. The van der Waals surface area contributed by atoms with Crippen LogP contribution in [0, 0.1) is 5.95 Å². The predicted molar refractivity (Wildman–Crippen MR) is 117 cm³/mol. The molecule has 31 heavy (non-hydrogen) atoms. The number of nitrogens with one attached hydrogen (secondary N) is 3.